The molecular weight excluding hydrogens is 274 g/mol. The number of aromatic nitrogens is 5. The number of oxazole rings is 1. The van der Waals surface area contributed by atoms with Gasteiger partial charge in [-0.15, -0.1) is 0 Å². The summed E-state index contributed by atoms with van der Waals surface area (Å²) in [6.07, 6.45) is 5.91. The van der Waals surface area contributed by atoms with Crippen LogP contribution in [0.4, 0.5) is 0 Å². The second-order valence-electron chi connectivity index (χ2n) is 4.36. The van der Waals surface area contributed by atoms with Crippen molar-refractivity contribution >= 4 is 5.97 Å². The second-order valence-corrected chi connectivity index (χ2v) is 4.36. The molecule has 3 rings (SSSR count). The van der Waals surface area contributed by atoms with Crippen LogP contribution in [-0.2, 0) is 0 Å². The summed E-state index contributed by atoms with van der Waals surface area (Å²) in [6.45, 7) is 1.84. The molecule has 0 aliphatic rings. The number of hydrogen-bond donors (Lipinski definition) is 1. The van der Waals surface area contributed by atoms with Gasteiger partial charge < -0.3 is 9.52 Å². The van der Waals surface area contributed by atoms with Crippen LogP contribution >= 0.6 is 0 Å². The lowest BCUT2D eigenvalue weighted by atomic mass is 10.1. The Morgan fingerprint density at radius 3 is 2.67 bits per heavy atom. The highest BCUT2D eigenvalue weighted by atomic mass is 16.4. The average Bonchev–Trinajstić information content (AvgIpc) is 3.18. The molecule has 3 aromatic heterocycles. The van der Waals surface area contributed by atoms with Crippen LogP contribution < -0.4 is 0 Å². The fourth-order valence-corrected chi connectivity index (χ4v) is 1.83. The van der Waals surface area contributed by atoms with E-state index in [4.69, 9.17) is 9.52 Å². The van der Waals surface area contributed by atoms with Crippen LogP contribution in [0.5, 0.6) is 0 Å². The molecule has 0 aliphatic heterocycles. The fourth-order valence-electron chi connectivity index (χ4n) is 1.83. The van der Waals surface area contributed by atoms with Gasteiger partial charge in [-0.3, -0.25) is 4.98 Å². The summed E-state index contributed by atoms with van der Waals surface area (Å²) in [7, 11) is 0. The van der Waals surface area contributed by atoms with Crippen molar-refractivity contribution in [3.63, 3.8) is 0 Å². The average molecular weight is 285 g/mol. The van der Waals surface area contributed by atoms with Gasteiger partial charge in [0.15, 0.2) is 5.69 Å². The van der Waals surface area contributed by atoms with Crippen LogP contribution in [0.2, 0.25) is 0 Å². The lowest BCUT2D eigenvalue weighted by Crippen LogP contribution is -2.04. The minimum atomic E-state index is -1.12. The van der Waals surface area contributed by atoms with E-state index in [0.717, 1.165) is 12.0 Å². The largest absolute Gasteiger partial charge is 0.476 e. The van der Waals surface area contributed by atoms with Gasteiger partial charge >= 0.3 is 5.97 Å². The predicted octanol–water partition coefficient (Wildman–Crippen LogP) is 1.50. The van der Waals surface area contributed by atoms with Gasteiger partial charge in [-0.1, -0.05) is 0 Å². The van der Waals surface area contributed by atoms with E-state index in [1.165, 1.54) is 4.80 Å². The molecule has 0 amide bonds. The minimum Gasteiger partial charge on any atom is -0.476 e. The van der Waals surface area contributed by atoms with Crippen molar-refractivity contribution in [3.8, 4) is 5.69 Å². The van der Waals surface area contributed by atoms with Crippen LogP contribution in [0.25, 0.3) is 5.69 Å². The maximum atomic E-state index is 10.8. The van der Waals surface area contributed by atoms with E-state index in [2.05, 4.69) is 20.2 Å². The van der Waals surface area contributed by atoms with Crippen molar-refractivity contribution < 1.29 is 14.3 Å². The Morgan fingerprint density at radius 1 is 1.33 bits per heavy atom. The van der Waals surface area contributed by atoms with Gasteiger partial charge in [-0.2, -0.15) is 15.0 Å². The topological polar surface area (TPSA) is 107 Å². The molecule has 0 radical (unpaired) electrons. The van der Waals surface area contributed by atoms with Gasteiger partial charge in [0.1, 0.15) is 12.0 Å². The molecule has 0 saturated carbocycles. The number of carbonyl (C=O) groups is 1. The Balaban J connectivity index is 1.84. The molecule has 3 aromatic rings. The highest BCUT2D eigenvalue weighted by molar-refractivity contribution is 5.84. The molecule has 1 atom stereocenters. The molecule has 8 nitrogen and oxygen atoms in total. The molecule has 1 N–H and O–H groups in total. The lowest BCUT2D eigenvalue weighted by Gasteiger charge is -2.07. The summed E-state index contributed by atoms with van der Waals surface area (Å²) < 4.78 is 5.18. The first-order chi connectivity index (χ1) is 10.1. The van der Waals surface area contributed by atoms with Gasteiger partial charge in [-0.05, 0) is 19.1 Å². The Morgan fingerprint density at radius 2 is 2.10 bits per heavy atom. The van der Waals surface area contributed by atoms with Crippen LogP contribution in [0.3, 0.4) is 0 Å². The van der Waals surface area contributed by atoms with Crippen molar-refractivity contribution in [3.05, 3.63) is 54.3 Å². The number of nitrogens with zero attached hydrogens (tertiary/aromatic N) is 5. The highest BCUT2D eigenvalue weighted by Gasteiger charge is 2.18. The van der Waals surface area contributed by atoms with Gasteiger partial charge in [0.25, 0.3) is 0 Å². The smallest absolute Gasteiger partial charge is 0.357 e. The van der Waals surface area contributed by atoms with E-state index >= 15 is 0 Å². The summed E-state index contributed by atoms with van der Waals surface area (Å²) in [5.41, 5.74) is 1.33. The molecule has 21 heavy (non-hydrogen) atoms. The standard InChI is InChI=1S/C13H11N5O3/c1-8(12-17-11(7-21-12)13(19)20)10-3-2-9(6-14-10)18-15-4-5-16-18/h2-8H,1H3,(H,19,20). The third-order valence-electron chi connectivity index (χ3n) is 2.98. The van der Waals surface area contributed by atoms with Gasteiger partial charge in [-0.25, -0.2) is 9.78 Å². The van der Waals surface area contributed by atoms with E-state index in [-0.39, 0.29) is 11.6 Å². The zero-order chi connectivity index (χ0) is 14.8. The van der Waals surface area contributed by atoms with Gasteiger partial charge in [0.05, 0.1) is 30.2 Å². The first kappa shape index (κ1) is 13.0. The maximum Gasteiger partial charge on any atom is 0.357 e. The van der Waals surface area contributed by atoms with Crippen LogP contribution in [-0.4, -0.2) is 36.0 Å². The molecule has 0 fully saturated rings. The van der Waals surface area contributed by atoms with Crippen molar-refractivity contribution in [2.24, 2.45) is 0 Å². The molecule has 0 aromatic carbocycles. The molecule has 8 heteroatoms. The lowest BCUT2D eigenvalue weighted by molar-refractivity contribution is 0.0690. The zero-order valence-corrected chi connectivity index (χ0v) is 11.0. The summed E-state index contributed by atoms with van der Waals surface area (Å²) in [5, 5.41) is 16.9. The quantitative estimate of drug-likeness (QED) is 0.773. The summed E-state index contributed by atoms with van der Waals surface area (Å²) >= 11 is 0. The Bertz CT molecular complexity index is 748. The fraction of sp³-hybridized carbons (Fsp3) is 0.154. The van der Waals surface area contributed by atoms with Crippen LogP contribution in [0.1, 0.15) is 34.9 Å². The van der Waals surface area contributed by atoms with Crippen LogP contribution in [0, 0.1) is 0 Å². The third-order valence-corrected chi connectivity index (χ3v) is 2.98. The first-order valence-electron chi connectivity index (χ1n) is 6.16. The first-order valence-corrected chi connectivity index (χ1v) is 6.16. The Labute approximate surface area is 119 Å². The third kappa shape index (κ3) is 2.50. The SMILES string of the molecule is CC(c1ccc(-n2nccn2)cn1)c1nc(C(=O)O)co1. The number of pyridine rings is 1. The molecule has 0 aliphatic carbocycles. The van der Waals surface area contributed by atoms with E-state index in [1.54, 1.807) is 24.7 Å². The Kier molecular flexibility index (Phi) is 3.19. The maximum absolute atomic E-state index is 10.8. The molecule has 106 valence electrons. The van der Waals surface area contributed by atoms with Gasteiger partial charge in [0, 0.05) is 0 Å². The molecular formula is C13H11N5O3. The van der Waals surface area contributed by atoms with E-state index in [1.807, 2.05) is 13.0 Å². The molecule has 0 spiro atoms. The van der Waals surface area contributed by atoms with Gasteiger partial charge in [0.2, 0.25) is 5.89 Å². The minimum absolute atomic E-state index is 0.116. The summed E-state index contributed by atoms with van der Waals surface area (Å²) in [5.74, 6) is -1.06. The molecule has 3 heterocycles. The van der Waals surface area contributed by atoms with E-state index < -0.39 is 5.97 Å². The van der Waals surface area contributed by atoms with Crippen molar-refractivity contribution in [2.45, 2.75) is 12.8 Å². The number of aromatic carboxylic acids is 1. The van der Waals surface area contributed by atoms with Crippen molar-refractivity contribution in [1.82, 2.24) is 25.0 Å². The normalized spacial score (nSPS) is 12.2. The number of hydrogen-bond acceptors (Lipinski definition) is 6. The molecule has 0 bridgehead atoms. The number of rotatable bonds is 4. The van der Waals surface area contributed by atoms with Crippen molar-refractivity contribution in [1.29, 1.82) is 0 Å². The summed E-state index contributed by atoms with van der Waals surface area (Å²) in [6, 6.07) is 3.62. The molecule has 1 unspecified atom stereocenters. The number of carboxylic acid groups (broad SMARTS) is 1. The molecule has 0 saturated heterocycles. The summed E-state index contributed by atoms with van der Waals surface area (Å²) in [4.78, 5) is 20.5. The predicted molar refractivity (Wildman–Crippen MR) is 70.1 cm³/mol. The second kappa shape index (κ2) is 5.16. The monoisotopic (exact) mass is 285 g/mol. The zero-order valence-electron chi connectivity index (χ0n) is 11.0. The highest BCUT2D eigenvalue weighted by Crippen LogP contribution is 2.22. The van der Waals surface area contributed by atoms with Crippen LogP contribution in [0.15, 0.2) is 41.4 Å². The van der Waals surface area contributed by atoms with Crippen molar-refractivity contribution in [2.75, 3.05) is 0 Å². The van der Waals surface area contributed by atoms with E-state index in [9.17, 15) is 4.79 Å². The van der Waals surface area contributed by atoms with E-state index in [0.29, 0.717) is 11.6 Å². The number of carboxylic acids is 1. The Hall–Kier alpha value is -3.03.